The van der Waals surface area contributed by atoms with Crippen molar-refractivity contribution < 1.29 is 14.3 Å². The van der Waals surface area contributed by atoms with E-state index in [9.17, 15) is 4.79 Å². The molecule has 8 heteroatoms. The van der Waals surface area contributed by atoms with Gasteiger partial charge in [-0.2, -0.15) is 10.2 Å². The van der Waals surface area contributed by atoms with Crippen molar-refractivity contribution in [3.8, 4) is 17.0 Å². The molecule has 0 unspecified atom stereocenters. The van der Waals surface area contributed by atoms with Crippen molar-refractivity contribution in [1.29, 1.82) is 0 Å². The van der Waals surface area contributed by atoms with E-state index in [4.69, 9.17) is 9.47 Å². The van der Waals surface area contributed by atoms with Gasteiger partial charge in [-0.25, -0.2) is 0 Å². The maximum absolute atomic E-state index is 12.5. The highest BCUT2D eigenvalue weighted by Gasteiger charge is 2.18. The van der Waals surface area contributed by atoms with Gasteiger partial charge < -0.3 is 14.8 Å². The number of hydrogen-bond donors (Lipinski definition) is 2. The molecular formula is C19H21N5O3. The molecule has 0 radical (unpaired) electrons. The van der Waals surface area contributed by atoms with Gasteiger partial charge in [0.25, 0.3) is 5.91 Å². The van der Waals surface area contributed by atoms with Gasteiger partial charge in [-0.15, -0.1) is 0 Å². The molecule has 3 heterocycles. The molecule has 1 aromatic carbocycles. The van der Waals surface area contributed by atoms with Gasteiger partial charge in [0.05, 0.1) is 30.7 Å². The summed E-state index contributed by atoms with van der Waals surface area (Å²) in [5, 5.41) is 14.2. The molecule has 0 bridgehead atoms. The number of H-pyrrole nitrogens is 1. The van der Waals surface area contributed by atoms with E-state index in [0.29, 0.717) is 23.1 Å². The zero-order valence-corrected chi connectivity index (χ0v) is 15.0. The molecule has 27 heavy (non-hydrogen) atoms. The summed E-state index contributed by atoms with van der Waals surface area (Å²) in [6.07, 6.45) is 5.37. The average Bonchev–Trinajstić information content (AvgIpc) is 3.39. The topological polar surface area (TPSA) is 94.1 Å². The highest BCUT2D eigenvalue weighted by atomic mass is 16.5. The first-order valence-corrected chi connectivity index (χ1v) is 8.86. The quantitative estimate of drug-likeness (QED) is 0.723. The molecule has 1 amide bonds. The van der Waals surface area contributed by atoms with Crippen molar-refractivity contribution in [3.05, 3.63) is 48.4 Å². The summed E-state index contributed by atoms with van der Waals surface area (Å²) in [6.45, 7) is 1.49. The summed E-state index contributed by atoms with van der Waals surface area (Å²) in [5.74, 6) is 0.477. The third-order valence-electron chi connectivity index (χ3n) is 4.61. The monoisotopic (exact) mass is 367 g/mol. The molecule has 0 aliphatic carbocycles. The van der Waals surface area contributed by atoms with Gasteiger partial charge in [-0.3, -0.25) is 14.6 Å². The number of aromatic amines is 1. The van der Waals surface area contributed by atoms with E-state index in [-0.39, 0.29) is 5.91 Å². The van der Waals surface area contributed by atoms with Gasteiger partial charge in [0.15, 0.2) is 0 Å². The lowest BCUT2D eigenvalue weighted by Gasteiger charge is -2.22. The Bertz CT molecular complexity index is 927. The zero-order chi connectivity index (χ0) is 18.6. The number of rotatable bonds is 5. The molecule has 3 aromatic rings. The lowest BCUT2D eigenvalue weighted by atomic mass is 10.1. The van der Waals surface area contributed by atoms with E-state index in [1.54, 1.807) is 19.4 Å². The molecule has 1 aliphatic heterocycles. The van der Waals surface area contributed by atoms with Gasteiger partial charge >= 0.3 is 0 Å². The van der Waals surface area contributed by atoms with E-state index in [1.807, 2.05) is 35.1 Å². The van der Waals surface area contributed by atoms with Crippen LogP contribution >= 0.6 is 0 Å². The largest absolute Gasteiger partial charge is 0.497 e. The van der Waals surface area contributed by atoms with Crippen molar-refractivity contribution in [2.24, 2.45) is 0 Å². The van der Waals surface area contributed by atoms with Crippen LogP contribution < -0.4 is 10.1 Å². The number of ether oxygens (including phenoxy) is 2. The van der Waals surface area contributed by atoms with Gasteiger partial charge in [-0.1, -0.05) is 12.1 Å². The predicted molar refractivity (Wildman–Crippen MR) is 99.8 cm³/mol. The summed E-state index contributed by atoms with van der Waals surface area (Å²) in [5.41, 5.74) is 2.59. The van der Waals surface area contributed by atoms with E-state index in [2.05, 4.69) is 20.6 Å². The molecule has 1 aliphatic rings. The Labute approximate surface area is 156 Å². The Kier molecular flexibility index (Phi) is 4.88. The number of anilines is 1. The second-order valence-corrected chi connectivity index (χ2v) is 6.41. The third kappa shape index (κ3) is 3.85. The summed E-state index contributed by atoms with van der Waals surface area (Å²) in [6, 6.07) is 9.56. The number of nitrogens with zero attached hydrogens (tertiary/aromatic N) is 3. The Balaban J connectivity index is 1.44. The van der Waals surface area contributed by atoms with Crippen molar-refractivity contribution in [2.45, 2.75) is 18.9 Å². The number of methoxy groups -OCH3 is 1. The van der Waals surface area contributed by atoms with Crippen LogP contribution in [0.2, 0.25) is 0 Å². The third-order valence-corrected chi connectivity index (χ3v) is 4.61. The first-order valence-electron chi connectivity index (χ1n) is 8.86. The summed E-state index contributed by atoms with van der Waals surface area (Å²) in [4.78, 5) is 12.5. The Morgan fingerprint density at radius 3 is 3.00 bits per heavy atom. The van der Waals surface area contributed by atoms with Gasteiger partial charge in [-0.05, 0) is 31.0 Å². The van der Waals surface area contributed by atoms with Crippen LogP contribution in [-0.4, -0.2) is 46.2 Å². The molecule has 0 saturated carbocycles. The number of benzene rings is 1. The average molecular weight is 367 g/mol. The Hall–Kier alpha value is -3.13. The van der Waals surface area contributed by atoms with E-state index >= 15 is 0 Å². The number of nitrogens with one attached hydrogen (secondary N) is 2. The van der Waals surface area contributed by atoms with Crippen LogP contribution in [0.4, 0.5) is 5.69 Å². The molecule has 1 fully saturated rings. The molecule has 140 valence electrons. The first-order chi connectivity index (χ1) is 13.2. The number of carbonyl (C=O) groups is 1. The number of hydrogen-bond acceptors (Lipinski definition) is 5. The van der Waals surface area contributed by atoms with Gasteiger partial charge in [0.2, 0.25) is 0 Å². The highest BCUT2D eigenvalue weighted by molar-refractivity contribution is 6.03. The molecule has 2 N–H and O–H groups in total. The van der Waals surface area contributed by atoms with E-state index in [0.717, 1.165) is 37.4 Å². The first kappa shape index (κ1) is 17.3. The molecule has 8 nitrogen and oxygen atoms in total. The molecule has 4 rings (SSSR count). The molecule has 2 aromatic heterocycles. The van der Waals surface area contributed by atoms with Crippen LogP contribution in [0.25, 0.3) is 11.3 Å². The second-order valence-electron chi connectivity index (χ2n) is 6.41. The van der Waals surface area contributed by atoms with Crippen molar-refractivity contribution in [3.63, 3.8) is 0 Å². The zero-order valence-electron chi connectivity index (χ0n) is 15.0. The van der Waals surface area contributed by atoms with Crippen molar-refractivity contribution in [2.75, 3.05) is 25.6 Å². The fourth-order valence-electron chi connectivity index (χ4n) is 3.12. The molecular weight excluding hydrogens is 346 g/mol. The van der Waals surface area contributed by atoms with Crippen molar-refractivity contribution >= 4 is 11.6 Å². The van der Waals surface area contributed by atoms with E-state index < -0.39 is 0 Å². The standard InChI is InChI=1S/C19H21N5O3/c1-26-16-4-2-3-13(9-16)17-10-18(23-22-17)19(25)21-14-11-20-24(12-14)15-5-7-27-8-6-15/h2-4,9-12,15H,5-8H2,1H3,(H,21,25)(H,22,23). The number of amides is 1. The second kappa shape index (κ2) is 7.63. The predicted octanol–water partition coefficient (Wildman–Crippen LogP) is 2.89. The Morgan fingerprint density at radius 2 is 2.19 bits per heavy atom. The van der Waals surface area contributed by atoms with Crippen LogP contribution in [0.1, 0.15) is 29.4 Å². The van der Waals surface area contributed by atoms with Crippen LogP contribution in [0.3, 0.4) is 0 Å². The van der Waals surface area contributed by atoms with Crippen LogP contribution in [0.15, 0.2) is 42.7 Å². The number of aromatic nitrogens is 4. The minimum absolute atomic E-state index is 0.261. The van der Waals surface area contributed by atoms with Gasteiger partial charge in [0, 0.05) is 25.0 Å². The van der Waals surface area contributed by atoms with Gasteiger partial charge in [0.1, 0.15) is 11.4 Å². The molecule has 1 saturated heterocycles. The normalized spacial score (nSPS) is 14.9. The maximum Gasteiger partial charge on any atom is 0.273 e. The smallest absolute Gasteiger partial charge is 0.273 e. The molecule has 0 atom stereocenters. The summed E-state index contributed by atoms with van der Waals surface area (Å²) < 4.78 is 12.5. The summed E-state index contributed by atoms with van der Waals surface area (Å²) in [7, 11) is 1.61. The highest BCUT2D eigenvalue weighted by Crippen LogP contribution is 2.24. The van der Waals surface area contributed by atoms with E-state index in [1.165, 1.54) is 0 Å². The molecule has 0 spiro atoms. The SMILES string of the molecule is COc1cccc(-c2cc(C(=O)Nc3cnn(C4CCOCC4)c3)[nH]n2)c1. The van der Waals surface area contributed by atoms with Crippen LogP contribution in [0.5, 0.6) is 5.75 Å². The fraction of sp³-hybridized carbons (Fsp3) is 0.316. The minimum atomic E-state index is -0.261. The van der Waals surface area contributed by atoms with Crippen LogP contribution in [0, 0.1) is 0 Å². The maximum atomic E-state index is 12.5. The summed E-state index contributed by atoms with van der Waals surface area (Å²) >= 11 is 0. The van der Waals surface area contributed by atoms with Crippen LogP contribution in [-0.2, 0) is 4.74 Å². The number of carbonyl (C=O) groups excluding carboxylic acids is 1. The Morgan fingerprint density at radius 1 is 1.33 bits per heavy atom. The van der Waals surface area contributed by atoms with Crippen molar-refractivity contribution in [1.82, 2.24) is 20.0 Å². The lowest BCUT2D eigenvalue weighted by molar-refractivity contribution is 0.0662. The fourth-order valence-corrected chi connectivity index (χ4v) is 3.12. The lowest BCUT2D eigenvalue weighted by Crippen LogP contribution is -2.19. The minimum Gasteiger partial charge on any atom is -0.497 e.